The van der Waals surface area contributed by atoms with E-state index in [2.05, 4.69) is 24.1 Å². The lowest BCUT2D eigenvalue weighted by atomic mass is 10.3. The molecule has 0 aliphatic heterocycles. The Morgan fingerprint density at radius 3 is 3.19 bits per heavy atom. The molecule has 0 saturated heterocycles. The molecule has 3 nitrogen and oxygen atoms in total. The second kappa shape index (κ2) is 5.25. The van der Waals surface area contributed by atoms with E-state index in [4.69, 9.17) is 4.42 Å². The number of furan rings is 1. The van der Waals surface area contributed by atoms with Gasteiger partial charge in [-0.1, -0.05) is 6.92 Å². The topological polar surface area (TPSA) is 38.1 Å². The molecule has 2 heterocycles. The van der Waals surface area contributed by atoms with E-state index in [0.29, 0.717) is 6.04 Å². The molecule has 0 radical (unpaired) electrons. The van der Waals surface area contributed by atoms with Crippen molar-refractivity contribution >= 4 is 28.5 Å². The monoisotopic (exact) mass is 236 g/mol. The van der Waals surface area contributed by atoms with E-state index >= 15 is 0 Å². The molecule has 0 bridgehead atoms. The van der Waals surface area contributed by atoms with Gasteiger partial charge in [0, 0.05) is 18.0 Å². The highest BCUT2D eigenvalue weighted by molar-refractivity contribution is 7.99. The van der Waals surface area contributed by atoms with Gasteiger partial charge in [0.2, 0.25) is 0 Å². The van der Waals surface area contributed by atoms with Gasteiger partial charge in [-0.05, 0) is 24.8 Å². The highest BCUT2D eigenvalue weighted by Crippen LogP contribution is 2.22. The Labute approximate surface area is 99.6 Å². The van der Waals surface area contributed by atoms with E-state index < -0.39 is 0 Å². The molecule has 0 spiro atoms. The molecule has 16 heavy (non-hydrogen) atoms. The van der Waals surface area contributed by atoms with Gasteiger partial charge in [0.05, 0.1) is 11.6 Å². The number of thioether (sulfide) groups is 1. The van der Waals surface area contributed by atoms with Crippen LogP contribution in [0.2, 0.25) is 0 Å². The summed E-state index contributed by atoms with van der Waals surface area (Å²) in [4.78, 5) is 4.35. The van der Waals surface area contributed by atoms with E-state index in [9.17, 15) is 0 Å². The van der Waals surface area contributed by atoms with E-state index in [0.717, 1.165) is 28.3 Å². The highest BCUT2D eigenvalue weighted by atomic mass is 32.2. The second-order valence-corrected chi connectivity index (χ2v) is 5.02. The first-order valence-corrected chi connectivity index (χ1v) is 6.63. The minimum absolute atomic E-state index is 0.415. The summed E-state index contributed by atoms with van der Waals surface area (Å²) < 4.78 is 5.34. The first kappa shape index (κ1) is 11.3. The molecule has 0 fully saturated rings. The Hall–Kier alpha value is -1.16. The number of aromatic nitrogens is 1. The number of hydrogen-bond donors (Lipinski definition) is 1. The fourth-order valence-corrected chi connectivity index (χ4v) is 2.25. The van der Waals surface area contributed by atoms with Crippen molar-refractivity contribution in [1.82, 2.24) is 4.98 Å². The fourth-order valence-electron chi connectivity index (χ4n) is 1.58. The molecule has 2 aromatic heterocycles. The molecule has 0 saturated carbocycles. The van der Waals surface area contributed by atoms with Crippen molar-refractivity contribution in [3.63, 3.8) is 0 Å². The predicted molar refractivity (Wildman–Crippen MR) is 70.1 cm³/mol. The number of nitrogens with zero attached hydrogens (tertiary/aromatic N) is 1. The van der Waals surface area contributed by atoms with Crippen LogP contribution in [0, 0.1) is 0 Å². The maximum absolute atomic E-state index is 5.34. The first-order valence-electron chi connectivity index (χ1n) is 5.47. The lowest BCUT2D eigenvalue weighted by Crippen LogP contribution is -2.18. The van der Waals surface area contributed by atoms with Crippen LogP contribution >= 0.6 is 11.8 Å². The Bertz CT molecular complexity index is 455. The van der Waals surface area contributed by atoms with Crippen LogP contribution in [0.25, 0.3) is 11.0 Å². The zero-order valence-electron chi connectivity index (χ0n) is 9.56. The van der Waals surface area contributed by atoms with Crippen molar-refractivity contribution < 1.29 is 4.42 Å². The van der Waals surface area contributed by atoms with Crippen LogP contribution in [0.1, 0.15) is 13.8 Å². The van der Waals surface area contributed by atoms with Crippen LogP contribution in [0.3, 0.4) is 0 Å². The molecule has 1 unspecified atom stereocenters. The number of hydrogen-bond acceptors (Lipinski definition) is 4. The molecule has 0 aromatic carbocycles. The number of nitrogens with one attached hydrogen (secondary N) is 1. The zero-order chi connectivity index (χ0) is 11.4. The maximum atomic E-state index is 5.34. The van der Waals surface area contributed by atoms with Crippen molar-refractivity contribution in [3.8, 4) is 0 Å². The highest BCUT2D eigenvalue weighted by Gasteiger charge is 2.07. The van der Waals surface area contributed by atoms with Crippen molar-refractivity contribution in [2.45, 2.75) is 19.9 Å². The molecule has 1 atom stereocenters. The molecule has 2 rings (SSSR count). The van der Waals surface area contributed by atoms with Gasteiger partial charge in [-0.15, -0.1) is 0 Å². The number of pyridine rings is 1. The molecule has 0 aliphatic rings. The van der Waals surface area contributed by atoms with Gasteiger partial charge in [0.1, 0.15) is 11.4 Å². The minimum atomic E-state index is 0.415. The average molecular weight is 236 g/mol. The van der Waals surface area contributed by atoms with Crippen LogP contribution < -0.4 is 5.32 Å². The normalized spacial score (nSPS) is 12.9. The van der Waals surface area contributed by atoms with Crippen molar-refractivity contribution in [1.29, 1.82) is 0 Å². The lowest BCUT2D eigenvalue weighted by Gasteiger charge is -2.13. The van der Waals surface area contributed by atoms with E-state index in [1.165, 1.54) is 0 Å². The smallest absolute Gasteiger partial charge is 0.139 e. The van der Waals surface area contributed by atoms with E-state index in [1.807, 2.05) is 23.9 Å². The van der Waals surface area contributed by atoms with Crippen LogP contribution in [-0.4, -0.2) is 22.5 Å². The van der Waals surface area contributed by atoms with Gasteiger partial charge < -0.3 is 9.73 Å². The Morgan fingerprint density at radius 1 is 1.50 bits per heavy atom. The summed E-state index contributed by atoms with van der Waals surface area (Å²) in [6.45, 7) is 4.34. The summed E-state index contributed by atoms with van der Waals surface area (Å²) >= 11 is 1.93. The largest absolute Gasteiger partial charge is 0.464 e. The summed E-state index contributed by atoms with van der Waals surface area (Å²) in [6, 6.07) is 4.24. The Balaban J connectivity index is 2.11. The molecule has 1 N–H and O–H groups in total. The van der Waals surface area contributed by atoms with Gasteiger partial charge in [0.25, 0.3) is 0 Å². The average Bonchev–Trinajstić information content (AvgIpc) is 2.75. The van der Waals surface area contributed by atoms with Crippen LogP contribution in [0.15, 0.2) is 29.0 Å². The zero-order valence-corrected chi connectivity index (χ0v) is 10.4. The van der Waals surface area contributed by atoms with Crippen LogP contribution in [0.5, 0.6) is 0 Å². The molecule has 0 amide bonds. The van der Waals surface area contributed by atoms with E-state index in [1.54, 1.807) is 12.5 Å². The second-order valence-electron chi connectivity index (χ2n) is 3.70. The van der Waals surface area contributed by atoms with Crippen LogP contribution in [-0.2, 0) is 0 Å². The predicted octanol–water partition coefficient (Wildman–Crippen LogP) is 3.38. The standard InChI is InChI=1S/C12H16N2OS/c1-3-16-8-9(2)14-12-10-5-7-15-11(10)4-6-13-12/h4-7,9H,3,8H2,1-2H3,(H,13,14). The van der Waals surface area contributed by atoms with E-state index in [-0.39, 0.29) is 0 Å². The summed E-state index contributed by atoms with van der Waals surface area (Å²) in [5.74, 6) is 3.15. The number of rotatable bonds is 5. The van der Waals surface area contributed by atoms with Crippen molar-refractivity contribution in [2.24, 2.45) is 0 Å². The summed E-state index contributed by atoms with van der Waals surface area (Å²) in [6.07, 6.45) is 3.47. The third-order valence-electron chi connectivity index (χ3n) is 2.33. The van der Waals surface area contributed by atoms with Gasteiger partial charge in [-0.25, -0.2) is 4.98 Å². The number of fused-ring (bicyclic) bond motifs is 1. The number of anilines is 1. The third-order valence-corrected chi connectivity index (χ3v) is 3.48. The summed E-state index contributed by atoms with van der Waals surface area (Å²) in [5, 5.41) is 4.47. The molecule has 86 valence electrons. The van der Waals surface area contributed by atoms with Gasteiger partial charge in [-0.2, -0.15) is 11.8 Å². The van der Waals surface area contributed by atoms with Gasteiger partial charge in [-0.3, -0.25) is 0 Å². The molecular weight excluding hydrogens is 220 g/mol. The van der Waals surface area contributed by atoms with Crippen LogP contribution in [0.4, 0.5) is 5.82 Å². The first-order chi connectivity index (χ1) is 7.81. The molecule has 2 aromatic rings. The SMILES string of the molecule is CCSCC(C)Nc1nccc2occc12. The van der Waals surface area contributed by atoms with Gasteiger partial charge in [0.15, 0.2) is 0 Å². The maximum Gasteiger partial charge on any atom is 0.139 e. The summed E-state index contributed by atoms with van der Waals surface area (Å²) in [7, 11) is 0. The summed E-state index contributed by atoms with van der Waals surface area (Å²) in [5.41, 5.74) is 0.882. The lowest BCUT2D eigenvalue weighted by molar-refractivity contribution is 0.615. The quantitative estimate of drug-likeness (QED) is 0.863. The minimum Gasteiger partial charge on any atom is -0.464 e. The fraction of sp³-hybridized carbons (Fsp3) is 0.417. The molecule has 0 aliphatic carbocycles. The Morgan fingerprint density at radius 2 is 2.38 bits per heavy atom. The van der Waals surface area contributed by atoms with Crippen molar-refractivity contribution in [2.75, 3.05) is 16.8 Å². The molecule has 4 heteroatoms. The van der Waals surface area contributed by atoms with Crippen molar-refractivity contribution in [3.05, 3.63) is 24.6 Å². The molecular formula is C12H16N2OS. The van der Waals surface area contributed by atoms with Gasteiger partial charge >= 0.3 is 0 Å². The third kappa shape index (κ3) is 2.50. The Kier molecular flexibility index (Phi) is 3.72.